The molecule has 0 fully saturated rings. The Bertz CT molecular complexity index is 1270. The Hall–Kier alpha value is -3.47. The summed E-state index contributed by atoms with van der Waals surface area (Å²) in [5.74, 6) is 0. The first kappa shape index (κ1) is 13.0. The molecule has 0 aliphatic rings. The van der Waals surface area contributed by atoms with Crippen LogP contribution in [0.1, 0.15) is 0 Å². The number of rotatable bonds is 1. The zero-order valence-electron chi connectivity index (χ0n) is 12.5. The fourth-order valence-electron chi connectivity index (χ4n) is 3.10. The van der Waals surface area contributed by atoms with Gasteiger partial charge in [0.2, 0.25) is 0 Å². The van der Waals surface area contributed by atoms with Crippen molar-refractivity contribution >= 4 is 32.8 Å². The van der Waals surface area contributed by atoms with E-state index in [0.29, 0.717) is 16.6 Å². The quantitative estimate of drug-likeness (QED) is 0.350. The standard InChI is InChI=1S/C19H11N3O2/c23-19-15-10-20-18-14(11-21-22(18)12-6-2-1-3-7-12)17(15)13-8-4-5-9-16(13)24-19/h1-11H. The molecule has 24 heavy (non-hydrogen) atoms. The van der Waals surface area contributed by atoms with Crippen LogP contribution in [-0.4, -0.2) is 14.8 Å². The monoisotopic (exact) mass is 313 g/mol. The van der Waals surface area contributed by atoms with E-state index in [2.05, 4.69) is 10.1 Å². The Morgan fingerprint density at radius 3 is 2.50 bits per heavy atom. The molecule has 114 valence electrons. The van der Waals surface area contributed by atoms with Gasteiger partial charge in [-0.25, -0.2) is 14.5 Å². The van der Waals surface area contributed by atoms with Gasteiger partial charge in [0.1, 0.15) is 5.58 Å². The van der Waals surface area contributed by atoms with Gasteiger partial charge in [-0.2, -0.15) is 5.10 Å². The summed E-state index contributed by atoms with van der Waals surface area (Å²) in [5, 5.41) is 7.48. The normalized spacial score (nSPS) is 11.5. The van der Waals surface area contributed by atoms with E-state index >= 15 is 0 Å². The molecule has 0 radical (unpaired) electrons. The van der Waals surface area contributed by atoms with E-state index in [-0.39, 0.29) is 5.63 Å². The van der Waals surface area contributed by atoms with Crippen molar-refractivity contribution in [2.45, 2.75) is 0 Å². The van der Waals surface area contributed by atoms with Gasteiger partial charge < -0.3 is 4.42 Å². The highest BCUT2D eigenvalue weighted by atomic mass is 16.4. The fourth-order valence-corrected chi connectivity index (χ4v) is 3.10. The van der Waals surface area contributed by atoms with Crippen LogP contribution < -0.4 is 5.63 Å². The van der Waals surface area contributed by atoms with Crippen LogP contribution in [0.25, 0.3) is 38.5 Å². The molecule has 0 spiro atoms. The number of benzene rings is 2. The lowest BCUT2D eigenvalue weighted by Gasteiger charge is -2.05. The molecule has 5 rings (SSSR count). The Labute approximate surface area is 135 Å². The van der Waals surface area contributed by atoms with Gasteiger partial charge >= 0.3 is 5.63 Å². The van der Waals surface area contributed by atoms with Gasteiger partial charge in [-0.05, 0) is 18.2 Å². The zero-order chi connectivity index (χ0) is 16.1. The van der Waals surface area contributed by atoms with Crippen LogP contribution in [0, 0.1) is 0 Å². The van der Waals surface area contributed by atoms with Crippen molar-refractivity contribution < 1.29 is 4.42 Å². The Morgan fingerprint density at radius 2 is 1.62 bits per heavy atom. The minimum Gasteiger partial charge on any atom is -0.422 e. The maximum atomic E-state index is 12.3. The minimum atomic E-state index is -0.384. The molecule has 3 aromatic heterocycles. The lowest BCUT2D eigenvalue weighted by molar-refractivity contribution is 0.569. The third-order valence-electron chi connectivity index (χ3n) is 4.18. The van der Waals surface area contributed by atoms with Crippen LogP contribution in [0.5, 0.6) is 0 Å². The van der Waals surface area contributed by atoms with Crippen LogP contribution in [-0.2, 0) is 0 Å². The van der Waals surface area contributed by atoms with E-state index < -0.39 is 0 Å². The molecular formula is C19H11N3O2. The maximum Gasteiger partial charge on any atom is 0.345 e. The third kappa shape index (κ3) is 1.72. The highest BCUT2D eigenvalue weighted by molar-refractivity contribution is 6.16. The van der Waals surface area contributed by atoms with E-state index in [0.717, 1.165) is 21.8 Å². The summed E-state index contributed by atoms with van der Waals surface area (Å²) in [7, 11) is 0. The molecule has 0 aliphatic heterocycles. The van der Waals surface area contributed by atoms with Gasteiger partial charge in [-0.3, -0.25) is 0 Å². The Kier molecular flexibility index (Phi) is 2.58. The predicted octanol–water partition coefficient (Wildman–Crippen LogP) is 3.68. The molecule has 0 atom stereocenters. The highest BCUT2D eigenvalue weighted by Gasteiger charge is 2.15. The number of para-hydroxylation sites is 2. The van der Waals surface area contributed by atoms with Gasteiger partial charge in [-0.1, -0.05) is 36.4 Å². The molecular weight excluding hydrogens is 302 g/mol. The second kappa shape index (κ2) is 4.76. The number of hydrogen-bond acceptors (Lipinski definition) is 4. The van der Waals surface area contributed by atoms with Crippen LogP contribution in [0.15, 0.2) is 76.2 Å². The van der Waals surface area contributed by atoms with Gasteiger partial charge in [0.25, 0.3) is 0 Å². The van der Waals surface area contributed by atoms with Crippen molar-refractivity contribution in [1.29, 1.82) is 0 Å². The second-order valence-corrected chi connectivity index (χ2v) is 5.56. The van der Waals surface area contributed by atoms with Crippen molar-refractivity contribution in [3.8, 4) is 5.69 Å². The molecule has 5 aromatic rings. The average Bonchev–Trinajstić information content (AvgIpc) is 3.06. The first-order valence-corrected chi connectivity index (χ1v) is 7.56. The molecule has 0 saturated carbocycles. The third-order valence-corrected chi connectivity index (χ3v) is 4.18. The summed E-state index contributed by atoms with van der Waals surface area (Å²) in [6, 6.07) is 17.3. The summed E-state index contributed by atoms with van der Waals surface area (Å²) in [4.78, 5) is 16.7. The minimum absolute atomic E-state index is 0.384. The largest absolute Gasteiger partial charge is 0.422 e. The highest BCUT2D eigenvalue weighted by Crippen LogP contribution is 2.29. The van der Waals surface area contributed by atoms with Gasteiger partial charge in [0.05, 0.1) is 17.3 Å². The van der Waals surface area contributed by atoms with Crippen molar-refractivity contribution in [3.63, 3.8) is 0 Å². The number of aromatic nitrogens is 3. The van der Waals surface area contributed by atoms with Gasteiger partial charge in [0, 0.05) is 22.4 Å². The van der Waals surface area contributed by atoms with Crippen molar-refractivity contribution in [1.82, 2.24) is 14.8 Å². The Balaban J connectivity index is 1.98. The van der Waals surface area contributed by atoms with Crippen LogP contribution in [0.2, 0.25) is 0 Å². The molecule has 0 unspecified atom stereocenters. The smallest absolute Gasteiger partial charge is 0.345 e. The average molecular weight is 313 g/mol. The molecule has 3 heterocycles. The summed E-state index contributed by atoms with van der Waals surface area (Å²) in [5.41, 5.74) is 1.82. The molecule has 2 aromatic carbocycles. The van der Waals surface area contributed by atoms with E-state index in [1.54, 1.807) is 23.1 Å². The van der Waals surface area contributed by atoms with E-state index in [1.807, 2.05) is 48.5 Å². The first-order valence-electron chi connectivity index (χ1n) is 7.56. The predicted molar refractivity (Wildman–Crippen MR) is 92.4 cm³/mol. The van der Waals surface area contributed by atoms with Crippen molar-refractivity contribution in [2.24, 2.45) is 0 Å². The summed E-state index contributed by atoms with van der Waals surface area (Å²) < 4.78 is 7.17. The van der Waals surface area contributed by atoms with Gasteiger partial charge in [0.15, 0.2) is 5.65 Å². The molecule has 0 amide bonds. The zero-order valence-corrected chi connectivity index (χ0v) is 12.5. The number of nitrogens with zero attached hydrogens (tertiary/aromatic N) is 3. The SMILES string of the molecule is O=c1oc2ccccc2c2c1cnc1c2cnn1-c1ccccc1. The van der Waals surface area contributed by atoms with Crippen molar-refractivity contribution in [2.75, 3.05) is 0 Å². The van der Waals surface area contributed by atoms with Crippen LogP contribution in [0.4, 0.5) is 0 Å². The molecule has 0 aliphatic carbocycles. The lowest BCUT2D eigenvalue weighted by atomic mass is 10.1. The van der Waals surface area contributed by atoms with E-state index in [9.17, 15) is 4.79 Å². The van der Waals surface area contributed by atoms with Crippen LogP contribution >= 0.6 is 0 Å². The summed E-state index contributed by atoms with van der Waals surface area (Å²) in [6.45, 7) is 0. The van der Waals surface area contributed by atoms with E-state index in [1.165, 1.54) is 0 Å². The second-order valence-electron chi connectivity index (χ2n) is 5.56. The lowest BCUT2D eigenvalue weighted by Crippen LogP contribution is -2.02. The fraction of sp³-hybridized carbons (Fsp3) is 0. The number of fused-ring (bicyclic) bond motifs is 5. The summed E-state index contributed by atoms with van der Waals surface area (Å²) in [6.07, 6.45) is 3.32. The number of pyridine rings is 1. The molecule has 5 heteroatoms. The first-order chi connectivity index (χ1) is 11.8. The van der Waals surface area contributed by atoms with Crippen LogP contribution in [0.3, 0.4) is 0 Å². The number of hydrogen-bond donors (Lipinski definition) is 0. The summed E-state index contributed by atoms with van der Waals surface area (Å²) >= 11 is 0. The van der Waals surface area contributed by atoms with E-state index in [4.69, 9.17) is 4.42 Å². The Morgan fingerprint density at radius 1 is 0.833 bits per heavy atom. The maximum absolute atomic E-state index is 12.3. The molecule has 5 nitrogen and oxygen atoms in total. The molecule has 0 bridgehead atoms. The topological polar surface area (TPSA) is 60.9 Å². The molecule has 0 saturated heterocycles. The van der Waals surface area contributed by atoms with Gasteiger partial charge in [-0.15, -0.1) is 0 Å². The van der Waals surface area contributed by atoms with Crippen molar-refractivity contribution in [3.05, 3.63) is 77.4 Å². The molecule has 0 N–H and O–H groups in total.